The van der Waals surface area contributed by atoms with E-state index in [0.29, 0.717) is 12.2 Å². The van der Waals surface area contributed by atoms with Crippen LogP contribution in [-0.4, -0.2) is 42.3 Å². The van der Waals surface area contributed by atoms with Crippen LogP contribution in [0.1, 0.15) is 47.5 Å². The predicted molar refractivity (Wildman–Crippen MR) is 79.7 cm³/mol. The zero-order chi connectivity index (χ0) is 16.3. The maximum absolute atomic E-state index is 12.4. The minimum absolute atomic E-state index is 0.235. The molecule has 21 heavy (non-hydrogen) atoms. The van der Waals surface area contributed by atoms with Gasteiger partial charge in [-0.25, -0.2) is 0 Å². The van der Waals surface area contributed by atoms with Gasteiger partial charge in [-0.2, -0.15) is 0 Å². The molecule has 1 heterocycles. The van der Waals surface area contributed by atoms with Crippen LogP contribution in [0, 0.1) is 5.41 Å². The summed E-state index contributed by atoms with van der Waals surface area (Å²) >= 11 is 0. The van der Waals surface area contributed by atoms with E-state index in [1.807, 2.05) is 6.92 Å². The number of carbonyl (C=O) groups excluding carboxylic acids is 1. The first kappa shape index (κ1) is 18.1. The number of aliphatic hydroxyl groups is 1. The summed E-state index contributed by atoms with van der Waals surface area (Å²) < 4.78 is 16.4. The fourth-order valence-electron chi connectivity index (χ4n) is 2.25. The molecule has 0 aromatic carbocycles. The number of ether oxygens (including phenoxy) is 3. The molecular formula is C16H28O5. The lowest BCUT2D eigenvalue weighted by Gasteiger charge is -2.35. The zero-order valence-corrected chi connectivity index (χ0v) is 13.8. The highest BCUT2D eigenvalue weighted by atomic mass is 16.7. The smallest absolute Gasteiger partial charge is 0.318 e. The van der Waals surface area contributed by atoms with Crippen molar-refractivity contribution >= 4 is 5.97 Å². The third-order valence-electron chi connectivity index (χ3n) is 4.02. The van der Waals surface area contributed by atoms with Crippen molar-refractivity contribution in [3.8, 4) is 0 Å². The first-order chi connectivity index (χ1) is 9.65. The lowest BCUT2D eigenvalue weighted by Crippen LogP contribution is -2.49. The lowest BCUT2D eigenvalue weighted by atomic mass is 9.76. The Kier molecular flexibility index (Phi) is 5.96. The lowest BCUT2D eigenvalue weighted by molar-refractivity contribution is -0.176. The highest BCUT2D eigenvalue weighted by molar-refractivity contribution is 5.80. The molecule has 1 aliphatic rings. The van der Waals surface area contributed by atoms with Gasteiger partial charge in [0, 0.05) is 0 Å². The summed E-state index contributed by atoms with van der Waals surface area (Å²) in [5, 5.41) is 10.6. The van der Waals surface area contributed by atoms with Gasteiger partial charge in [0.1, 0.15) is 17.6 Å². The molecule has 1 aliphatic heterocycles. The Balaban J connectivity index is 2.84. The molecule has 1 saturated heterocycles. The molecule has 0 bridgehead atoms. The molecule has 0 aliphatic carbocycles. The molecule has 1 N–H and O–H groups in total. The average molecular weight is 300 g/mol. The zero-order valence-electron chi connectivity index (χ0n) is 13.8. The maximum atomic E-state index is 12.4. The Bertz CT molecular complexity index is 390. The highest BCUT2D eigenvalue weighted by Crippen LogP contribution is 2.37. The predicted octanol–water partition coefficient (Wildman–Crippen LogP) is 2.42. The Hall–Kier alpha value is -0.910. The fourth-order valence-corrected chi connectivity index (χ4v) is 2.25. The van der Waals surface area contributed by atoms with Crippen molar-refractivity contribution in [1.29, 1.82) is 0 Å². The summed E-state index contributed by atoms with van der Waals surface area (Å²) in [4.78, 5) is 12.4. The van der Waals surface area contributed by atoms with E-state index in [4.69, 9.17) is 14.2 Å². The molecule has 3 unspecified atom stereocenters. The van der Waals surface area contributed by atoms with Crippen molar-refractivity contribution in [3.05, 3.63) is 12.2 Å². The van der Waals surface area contributed by atoms with E-state index in [1.165, 1.54) is 0 Å². The van der Waals surface area contributed by atoms with Crippen LogP contribution in [0.15, 0.2) is 12.2 Å². The molecule has 0 aromatic heterocycles. The molecule has 1 fully saturated rings. The van der Waals surface area contributed by atoms with Crippen molar-refractivity contribution < 1.29 is 24.1 Å². The van der Waals surface area contributed by atoms with Crippen LogP contribution in [0.5, 0.6) is 0 Å². The number of rotatable bonds is 7. The van der Waals surface area contributed by atoms with Crippen molar-refractivity contribution in [1.82, 2.24) is 0 Å². The van der Waals surface area contributed by atoms with Gasteiger partial charge in [0.15, 0.2) is 5.79 Å². The normalized spacial score (nSPS) is 25.1. The van der Waals surface area contributed by atoms with Gasteiger partial charge in [0.2, 0.25) is 0 Å². The first-order valence-corrected chi connectivity index (χ1v) is 7.48. The molecule has 1 rings (SSSR count). The number of esters is 1. The summed E-state index contributed by atoms with van der Waals surface area (Å²) in [6.45, 7) is 13.4. The largest absolute Gasteiger partial charge is 0.465 e. The highest BCUT2D eigenvalue weighted by Gasteiger charge is 2.50. The molecule has 0 amide bonds. The monoisotopic (exact) mass is 300 g/mol. The molecular weight excluding hydrogens is 272 g/mol. The number of carbonyl (C=O) groups is 1. The average Bonchev–Trinajstić information content (AvgIpc) is 2.77. The second-order valence-electron chi connectivity index (χ2n) is 6.28. The van der Waals surface area contributed by atoms with Crippen molar-refractivity contribution in [3.63, 3.8) is 0 Å². The Morgan fingerprint density at radius 1 is 1.57 bits per heavy atom. The Labute approximate surface area is 127 Å². The van der Waals surface area contributed by atoms with Crippen molar-refractivity contribution in [2.75, 3.05) is 13.2 Å². The van der Waals surface area contributed by atoms with Crippen molar-refractivity contribution in [2.24, 2.45) is 5.41 Å². The molecule has 5 nitrogen and oxygen atoms in total. The Morgan fingerprint density at radius 3 is 2.62 bits per heavy atom. The SMILES string of the molecule is C=C(C)C(C)(C(=O)OCCCC)C(O)C1COC(C)(C)O1. The van der Waals surface area contributed by atoms with Gasteiger partial charge < -0.3 is 19.3 Å². The minimum atomic E-state index is -1.21. The third-order valence-corrected chi connectivity index (χ3v) is 4.02. The van der Waals surface area contributed by atoms with Gasteiger partial charge >= 0.3 is 5.97 Å². The topological polar surface area (TPSA) is 65.0 Å². The van der Waals surface area contributed by atoms with Gasteiger partial charge in [-0.15, -0.1) is 0 Å². The van der Waals surface area contributed by atoms with E-state index in [9.17, 15) is 9.90 Å². The maximum Gasteiger partial charge on any atom is 0.318 e. The number of hydrogen-bond acceptors (Lipinski definition) is 5. The van der Waals surface area contributed by atoms with Crippen LogP contribution in [0.4, 0.5) is 0 Å². The van der Waals surface area contributed by atoms with E-state index in [1.54, 1.807) is 27.7 Å². The summed E-state index contributed by atoms with van der Waals surface area (Å²) in [6.07, 6.45) is 0.0868. The summed E-state index contributed by atoms with van der Waals surface area (Å²) in [5.41, 5.74) is -0.660. The van der Waals surface area contributed by atoms with Crippen LogP contribution in [-0.2, 0) is 19.0 Å². The summed E-state index contributed by atoms with van der Waals surface area (Å²) in [5.74, 6) is -1.22. The van der Waals surface area contributed by atoms with Crippen LogP contribution in [0.25, 0.3) is 0 Å². The number of aliphatic hydroxyl groups excluding tert-OH is 1. The van der Waals surface area contributed by atoms with E-state index in [-0.39, 0.29) is 6.61 Å². The number of unbranched alkanes of at least 4 members (excludes halogenated alkanes) is 1. The van der Waals surface area contributed by atoms with Gasteiger partial charge in [0.25, 0.3) is 0 Å². The summed E-state index contributed by atoms with van der Waals surface area (Å²) in [6, 6.07) is 0. The number of hydrogen-bond donors (Lipinski definition) is 1. The molecule has 122 valence electrons. The van der Waals surface area contributed by atoms with Gasteiger partial charge in [-0.05, 0) is 34.1 Å². The standard InChI is InChI=1S/C16H28O5/c1-7-8-9-19-14(18)16(6,11(2)3)13(17)12-10-20-15(4,5)21-12/h12-13,17H,2,7-10H2,1,3-6H3. The molecule has 0 radical (unpaired) electrons. The molecule has 5 heteroatoms. The quantitative estimate of drug-likeness (QED) is 0.444. The van der Waals surface area contributed by atoms with E-state index in [2.05, 4.69) is 6.58 Å². The molecule has 0 spiro atoms. The second-order valence-corrected chi connectivity index (χ2v) is 6.28. The third kappa shape index (κ3) is 4.05. The minimum Gasteiger partial charge on any atom is -0.465 e. The summed E-state index contributed by atoms with van der Waals surface area (Å²) in [7, 11) is 0. The Morgan fingerprint density at radius 2 is 2.19 bits per heavy atom. The van der Waals surface area contributed by atoms with Crippen LogP contribution < -0.4 is 0 Å². The molecule has 3 atom stereocenters. The van der Waals surface area contributed by atoms with E-state index >= 15 is 0 Å². The van der Waals surface area contributed by atoms with Gasteiger partial charge in [0.05, 0.1) is 13.2 Å². The molecule has 0 saturated carbocycles. The van der Waals surface area contributed by atoms with Crippen LogP contribution in [0.3, 0.4) is 0 Å². The van der Waals surface area contributed by atoms with E-state index < -0.39 is 29.4 Å². The van der Waals surface area contributed by atoms with Crippen LogP contribution >= 0.6 is 0 Å². The second kappa shape index (κ2) is 6.90. The molecule has 0 aromatic rings. The first-order valence-electron chi connectivity index (χ1n) is 7.48. The van der Waals surface area contributed by atoms with E-state index in [0.717, 1.165) is 12.8 Å². The fraction of sp³-hybridized carbons (Fsp3) is 0.812. The van der Waals surface area contributed by atoms with Crippen LogP contribution in [0.2, 0.25) is 0 Å². The van der Waals surface area contributed by atoms with Gasteiger partial charge in [-0.3, -0.25) is 4.79 Å². The van der Waals surface area contributed by atoms with Crippen molar-refractivity contribution in [2.45, 2.75) is 65.5 Å². The van der Waals surface area contributed by atoms with Gasteiger partial charge in [-0.1, -0.05) is 25.5 Å².